The number of pyridine rings is 1. The molecule has 1 aromatic heterocycles. The number of hydrogen-bond acceptors (Lipinski definition) is 8. The summed E-state index contributed by atoms with van der Waals surface area (Å²) in [5.74, 6) is -0.608. The van der Waals surface area contributed by atoms with Gasteiger partial charge in [-0.05, 0) is 61.4 Å². The Morgan fingerprint density at radius 2 is 1.67 bits per heavy atom. The molecule has 2 heterocycles. The topological polar surface area (TPSA) is 225 Å². The average molecular weight is 680 g/mol. The highest BCUT2D eigenvalue weighted by Gasteiger charge is 2.43. The quantitative estimate of drug-likeness (QED) is 0.169. The van der Waals surface area contributed by atoms with Crippen LogP contribution < -0.4 is 25.1 Å². The maximum Gasteiger partial charge on any atom is 0.412 e. The van der Waals surface area contributed by atoms with Crippen LogP contribution in [0.5, 0.6) is 11.5 Å². The molecule has 1 aliphatic heterocycles. The second-order valence-electron chi connectivity index (χ2n) is 11.8. The number of carbonyl (C=O) groups excluding carboxylic acids is 1. The minimum Gasteiger partial charge on any atom is -0.492 e. The second-order valence-corrected chi connectivity index (χ2v) is 15.8. The summed E-state index contributed by atoms with van der Waals surface area (Å²) in [5.41, 5.74) is 0.561. The van der Waals surface area contributed by atoms with Crippen molar-refractivity contribution >= 4 is 43.8 Å². The first-order valence-electron chi connectivity index (χ1n) is 14.5. The number of amides is 1. The van der Waals surface area contributed by atoms with Crippen molar-refractivity contribution in [2.45, 2.75) is 50.1 Å². The molecule has 2 fully saturated rings. The summed E-state index contributed by atoms with van der Waals surface area (Å²) >= 11 is 0. The maximum absolute atomic E-state index is 13.1. The van der Waals surface area contributed by atoms with Gasteiger partial charge in [0.1, 0.15) is 11.3 Å². The summed E-state index contributed by atoms with van der Waals surface area (Å²) in [6, 6.07) is 8.49. The Labute approximate surface area is 263 Å². The van der Waals surface area contributed by atoms with Crippen LogP contribution in [0, 0.1) is 5.92 Å². The van der Waals surface area contributed by atoms with Crippen LogP contribution >= 0.6 is 15.2 Å². The van der Waals surface area contributed by atoms with Gasteiger partial charge in [0.15, 0.2) is 11.1 Å². The van der Waals surface area contributed by atoms with E-state index >= 15 is 0 Å². The summed E-state index contributed by atoms with van der Waals surface area (Å²) in [4.78, 5) is 77.2. The zero-order valence-electron chi connectivity index (χ0n) is 25.0. The van der Waals surface area contributed by atoms with E-state index in [0.717, 1.165) is 12.8 Å². The Morgan fingerprint density at radius 3 is 2.24 bits per heavy atom. The number of hydrogen-bond donors (Lipinski definition) is 6. The number of aromatic carboxylic acids is 1. The number of nitrogens with zero attached hydrogens (tertiary/aromatic N) is 2. The van der Waals surface area contributed by atoms with Crippen molar-refractivity contribution in [1.29, 1.82) is 0 Å². The van der Waals surface area contributed by atoms with Crippen LogP contribution in [-0.4, -0.2) is 73.0 Å². The fourth-order valence-corrected chi connectivity index (χ4v) is 8.41. The summed E-state index contributed by atoms with van der Waals surface area (Å²) in [7, 11) is -8.68. The van der Waals surface area contributed by atoms with E-state index in [1.165, 1.54) is 37.6 Å². The van der Waals surface area contributed by atoms with Crippen LogP contribution in [-0.2, 0) is 15.6 Å². The fourth-order valence-electron chi connectivity index (χ4n) is 5.94. The van der Waals surface area contributed by atoms with Gasteiger partial charge in [-0.15, -0.1) is 0 Å². The predicted molar refractivity (Wildman–Crippen MR) is 167 cm³/mol. The van der Waals surface area contributed by atoms with E-state index in [1.54, 1.807) is 12.1 Å². The Hall–Kier alpha value is -3.71. The highest BCUT2D eigenvalue weighted by Crippen LogP contribution is 2.60. The molecule has 5 rings (SSSR count). The van der Waals surface area contributed by atoms with Crippen molar-refractivity contribution < 1.29 is 52.9 Å². The van der Waals surface area contributed by atoms with Crippen LogP contribution in [0.2, 0.25) is 0 Å². The molecule has 0 spiro atoms. The first-order valence-corrected chi connectivity index (χ1v) is 17.8. The molecule has 1 amide bonds. The molecular formula is C29H35N3O12P2. The molecule has 1 saturated carbocycles. The number of nitrogens with one attached hydrogen (secondary N) is 1. The third-order valence-corrected chi connectivity index (χ3v) is 11.9. The normalized spacial score (nSPS) is 18.9. The average Bonchev–Trinajstić information content (AvgIpc) is 3.80. The molecule has 17 heteroatoms. The van der Waals surface area contributed by atoms with E-state index < -0.39 is 44.5 Å². The number of anilines is 1. The standard InChI is InChI=1S/C29H35N3O12P2/c1-16-11-18(30-29(36)44-20-7-3-17(4-8-20)12-24(45(37,38)39)46(40,41)42)14-31(13-16)23-10-9-21-25(27(23)43-2)32(19-5-6-19)15-22(26(21)33)28(34)35/h3-4,7-10,15-16,18-19,24H,5-6,11-14H2,1-2H3,(H,30,36)(H,34,35)(H2,37,38,39)(H2,40,41,42)/t16-,18-/m0/s1. The first-order chi connectivity index (χ1) is 21.6. The van der Waals surface area contributed by atoms with Crippen molar-refractivity contribution in [2.75, 3.05) is 25.1 Å². The summed E-state index contributed by atoms with van der Waals surface area (Å²) in [6.07, 6.45) is 2.40. The number of fused-ring (bicyclic) bond motifs is 1. The highest BCUT2D eigenvalue weighted by molar-refractivity contribution is 7.70. The Balaban J connectivity index is 1.32. The molecular weight excluding hydrogens is 644 g/mol. The molecule has 1 aliphatic carbocycles. The highest BCUT2D eigenvalue weighted by atomic mass is 31.2. The SMILES string of the molecule is COc1c(N2C[C@@H](C)C[C@H](NC(=O)Oc3ccc(CC(P(=O)(O)O)P(=O)(O)O)cc3)C2)ccc2c(=O)c(C(=O)O)cn(C3CC3)c12. The van der Waals surface area contributed by atoms with Gasteiger partial charge in [-0.2, -0.15) is 0 Å². The number of carbonyl (C=O) groups is 2. The van der Waals surface area contributed by atoms with E-state index in [9.17, 15) is 48.2 Å². The molecule has 2 aromatic carbocycles. The molecule has 3 aromatic rings. The lowest BCUT2D eigenvalue weighted by atomic mass is 9.95. The lowest BCUT2D eigenvalue weighted by Gasteiger charge is -2.38. The number of rotatable bonds is 10. The van der Waals surface area contributed by atoms with Crippen LogP contribution in [0.4, 0.5) is 10.5 Å². The van der Waals surface area contributed by atoms with Crippen LogP contribution in [0.25, 0.3) is 10.9 Å². The molecule has 248 valence electrons. The molecule has 1 saturated heterocycles. The van der Waals surface area contributed by atoms with E-state index in [0.29, 0.717) is 36.5 Å². The molecule has 0 unspecified atom stereocenters. The largest absolute Gasteiger partial charge is 0.492 e. The van der Waals surface area contributed by atoms with E-state index in [1.807, 2.05) is 16.4 Å². The third-order valence-electron chi connectivity index (χ3n) is 8.15. The van der Waals surface area contributed by atoms with Gasteiger partial charge in [0.05, 0.1) is 29.7 Å². The number of methoxy groups -OCH3 is 1. The maximum atomic E-state index is 13.1. The van der Waals surface area contributed by atoms with Crippen LogP contribution in [0.15, 0.2) is 47.4 Å². The molecule has 6 N–H and O–H groups in total. The molecule has 46 heavy (non-hydrogen) atoms. The summed E-state index contributed by atoms with van der Waals surface area (Å²) in [6.45, 7) is 3.04. The predicted octanol–water partition coefficient (Wildman–Crippen LogP) is 3.27. The van der Waals surface area contributed by atoms with Gasteiger partial charge in [-0.3, -0.25) is 13.9 Å². The van der Waals surface area contributed by atoms with Crippen LogP contribution in [0.1, 0.15) is 48.1 Å². The second kappa shape index (κ2) is 12.8. The third kappa shape index (κ3) is 7.30. The minimum absolute atomic E-state index is 0.0578. The number of ether oxygens (including phenoxy) is 2. The Bertz CT molecular complexity index is 1790. The lowest BCUT2D eigenvalue weighted by molar-refractivity contribution is 0.0694. The van der Waals surface area contributed by atoms with Gasteiger partial charge in [0.2, 0.25) is 5.43 Å². The lowest BCUT2D eigenvalue weighted by Crippen LogP contribution is -2.51. The van der Waals surface area contributed by atoms with Crippen molar-refractivity contribution in [3.63, 3.8) is 0 Å². The van der Waals surface area contributed by atoms with Gasteiger partial charge >= 0.3 is 27.3 Å². The van der Waals surface area contributed by atoms with Crippen molar-refractivity contribution in [1.82, 2.24) is 9.88 Å². The monoisotopic (exact) mass is 679 g/mol. The van der Waals surface area contributed by atoms with E-state index in [2.05, 4.69) is 5.32 Å². The van der Waals surface area contributed by atoms with Gasteiger partial charge < -0.3 is 48.9 Å². The molecule has 0 radical (unpaired) electrons. The summed E-state index contributed by atoms with van der Waals surface area (Å²) < 4.78 is 36.2. The zero-order valence-corrected chi connectivity index (χ0v) is 26.8. The number of carboxylic acids is 1. The van der Waals surface area contributed by atoms with Crippen LogP contribution in [0.3, 0.4) is 0 Å². The number of piperidine rings is 1. The zero-order chi connectivity index (χ0) is 33.6. The first kappa shape index (κ1) is 33.6. The summed E-state index contributed by atoms with van der Waals surface area (Å²) in [5, 5.41) is 10.5. The molecule has 0 bridgehead atoms. The van der Waals surface area contributed by atoms with Crippen molar-refractivity contribution in [3.8, 4) is 11.5 Å². The van der Waals surface area contributed by atoms with Gasteiger partial charge in [-0.25, -0.2) is 9.59 Å². The van der Waals surface area contributed by atoms with Gasteiger partial charge in [0, 0.05) is 25.3 Å². The molecule has 15 nitrogen and oxygen atoms in total. The van der Waals surface area contributed by atoms with Gasteiger partial charge in [0.25, 0.3) is 0 Å². The number of aromatic nitrogens is 1. The smallest absolute Gasteiger partial charge is 0.412 e. The number of carboxylic acid groups (broad SMARTS) is 1. The van der Waals surface area contributed by atoms with Crippen molar-refractivity contribution in [3.05, 3.63) is 63.9 Å². The fraction of sp³-hybridized carbons (Fsp3) is 0.414. The minimum atomic E-state index is -5.09. The van der Waals surface area contributed by atoms with E-state index in [-0.39, 0.29) is 40.3 Å². The number of benzene rings is 2. The molecule has 2 atom stereocenters. The Kier molecular flexibility index (Phi) is 9.38. The van der Waals surface area contributed by atoms with E-state index in [4.69, 9.17) is 9.47 Å². The molecule has 2 aliphatic rings. The van der Waals surface area contributed by atoms with Gasteiger partial charge in [-0.1, -0.05) is 19.1 Å². The Morgan fingerprint density at radius 1 is 1.02 bits per heavy atom. The van der Waals surface area contributed by atoms with Crippen molar-refractivity contribution in [2.24, 2.45) is 5.92 Å².